The van der Waals surface area contributed by atoms with Crippen LogP contribution in [0.3, 0.4) is 0 Å². The normalized spacial score (nSPS) is 26.9. The molecule has 11 heteroatoms. The van der Waals surface area contributed by atoms with E-state index in [2.05, 4.69) is 10.3 Å². The summed E-state index contributed by atoms with van der Waals surface area (Å²) in [6, 6.07) is 2.13. The number of carbonyl (C=O) groups is 1. The number of rotatable bonds is 11. The van der Waals surface area contributed by atoms with Crippen LogP contribution in [0.5, 0.6) is 5.88 Å². The number of fused-ring (bicyclic) bond motifs is 1. The molecule has 34 heavy (non-hydrogen) atoms. The Balaban J connectivity index is 1.26. The molecule has 3 atom stereocenters. The van der Waals surface area contributed by atoms with Crippen molar-refractivity contribution in [3.63, 3.8) is 0 Å². The Morgan fingerprint density at radius 2 is 2.00 bits per heavy atom. The van der Waals surface area contributed by atoms with E-state index < -0.39 is 28.0 Å². The van der Waals surface area contributed by atoms with Gasteiger partial charge in [0.2, 0.25) is 21.8 Å². The molecule has 1 aliphatic heterocycles. The van der Waals surface area contributed by atoms with E-state index in [0.29, 0.717) is 25.0 Å². The van der Waals surface area contributed by atoms with Gasteiger partial charge < -0.3 is 15.2 Å². The maximum absolute atomic E-state index is 13.3. The molecule has 2 aliphatic carbocycles. The van der Waals surface area contributed by atoms with Crippen LogP contribution < -0.4 is 10.1 Å². The highest BCUT2D eigenvalue weighted by Crippen LogP contribution is 2.51. The van der Waals surface area contributed by atoms with Gasteiger partial charge in [0, 0.05) is 31.1 Å². The third kappa shape index (κ3) is 5.68. The van der Waals surface area contributed by atoms with Crippen molar-refractivity contribution in [2.24, 2.45) is 11.8 Å². The van der Waals surface area contributed by atoms with Crippen LogP contribution in [0.1, 0.15) is 57.1 Å². The van der Waals surface area contributed by atoms with E-state index in [-0.39, 0.29) is 54.6 Å². The Bertz CT molecular complexity index is 996. The first-order valence-electron chi connectivity index (χ1n) is 12.0. The van der Waals surface area contributed by atoms with Crippen molar-refractivity contribution >= 4 is 16.0 Å². The van der Waals surface area contributed by atoms with Gasteiger partial charge in [-0.3, -0.25) is 4.79 Å². The lowest BCUT2D eigenvalue weighted by molar-refractivity contribution is -0.141. The average molecular weight is 502 g/mol. The third-order valence-corrected chi connectivity index (χ3v) is 8.98. The minimum absolute atomic E-state index is 0.00553. The van der Waals surface area contributed by atoms with Gasteiger partial charge in [-0.1, -0.05) is 0 Å². The molecule has 1 aromatic rings. The highest BCUT2D eigenvalue weighted by atomic mass is 32.2. The number of nitrogens with zero attached hydrogens (tertiary/aromatic N) is 2. The second-order valence-corrected chi connectivity index (χ2v) is 11.6. The fourth-order valence-electron chi connectivity index (χ4n) is 5.05. The van der Waals surface area contributed by atoms with E-state index in [4.69, 9.17) is 4.74 Å². The molecule has 3 fully saturated rings. The first kappa shape index (κ1) is 25.2. The maximum atomic E-state index is 13.3. The van der Waals surface area contributed by atoms with Gasteiger partial charge in [0.05, 0.1) is 6.61 Å². The van der Waals surface area contributed by atoms with Gasteiger partial charge in [-0.2, -0.15) is 4.31 Å². The van der Waals surface area contributed by atoms with E-state index in [1.54, 1.807) is 13.0 Å². The maximum Gasteiger partial charge on any atom is 0.322 e. The lowest BCUT2D eigenvalue weighted by Gasteiger charge is -2.28. The fourth-order valence-corrected chi connectivity index (χ4v) is 6.80. The molecule has 4 rings (SSSR count). The van der Waals surface area contributed by atoms with E-state index in [1.807, 2.05) is 0 Å². The molecule has 2 N–H and O–H groups in total. The van der Waals surface area contributed by atoms with Crippen LogP contribution in [0.4, 0.5) is 8.78 Å². The van der Waals surface area contributed by atoms with Gasteiger partial charge in [0.25, 0.3) is 0 Å². The van der Waals surface area contributed by atoms with E-state index >= 15 is 0 Å². The molecule has 0 amide bonds. The molecule has 3 aliphatic rings. The van der Waals surface area contributed by atoms with Crippen LogP contribution in [-0.2, 0) is 14.8 Å². The Morgan fingerprint density at radius 1 is 1.26 bits per heavy atom. The summed E-state index contributed by atoms with van der Waals surface area (Å²) in [6.07, 6.45) is 4.01. The van der Waals surface area contributed by atoms with Crippen molar-refractivity contribution in [2.45, 2.75) is 81.2 Å². The summed E-state index contributed by atoms with van der Waals surface area (Å²) in [5, 5.41) is 12.9. The largest absolute Gasteiger partial charge is 0.480 e. The minimum atomic E-state index is -4.05. The Hall–Kier alpha value is -1.85. The molecule has 0 unspecified atom stereocenters. The second-order valence-electron chi connectivity index (χ2n) is 9.77. The molecule has 0 aromatic carbocycles. The topological polar surface area (TPSA) is 109 Å². The summed E-state index contributed by atoms with van der Waals surface area (Å²) in [5.74, 6) is -3.64. The molecule has 0 spiro atoms. The van der Waals surface area contributed by atoms with Crippen molar-refractivity contribution < 1.29 is 31.8 Å². The van der Waals surface area contributed by atoms with E-state index in [1.165, 1.54) is 6.07 Å². The van der Waals surface area contributed by atoms with Gasteiger partial charge >= 0.3 is 5.97 Å². The number of sulfonamides is 1. The third-order valence-electron chi connectivity index (χ3n) is 7.12. The number of nitrogens with one attached hydrogen (secondary N) is 1. The molecular weight excluding hydrogens is 468 g/mol. The number of aryl methyl sites for hydroxylation is 1. The number of alkyl halides is 2. The fraction of sp³-hybridized carbons (Fsp3) is 0.739. The summed E-state index contributed by atoms with van der Waals surface area (Å²) in [4.78, 5) is 15.9. The zero-order chi connectivity index (χ0) is 24.5. The number of piperidine rings is 1. The number of aromatic nitrogens is 1. The smallest absolute Gasteiger partial charge is 0.322 e. The first-order chi connectivity index (χ1) is 16.1. The van der Waals surface area contributed by atoms with Crippen LogP contribution >= 0.6 is 0 Å². The highest BCUT2D eigenvalue weighted by Gasteiger charge is 2.59. The molecule has 1 aromatic heterocycles. The van der Waals surface area contributed by atoms with Crippen molar-refractivity contribution in [2.75, 3.05) is 19.7 Å². The molecule has 2 saturated carbocycles. The summed E-state index contributed by atoms with van der Waals surface area (Å²) in [5.41, 5.74) is 0.607. The minimum Gasteiger partial charge on any atom is -0.480 e. The highest BCUT2D eigenvalue weighted by molar-refractivity contribution is 7.89. The van der Waals surface area contributed by atoms with Crippen LogP contribution in [0.15, 0.2) is 17.0 Å². The predicted octanol–water partition coefficient (Wildman–Crippen LogP) is 3.20. The van der Waals surface area contributed by atoms with Crippen molar-refractivity contribution in [1.82, 2.24) is 14.6 Å². The van der Waals surface area contributed by atoms with Gasteiger partial charge in [0.15, 0.2) is 0 Å². The molecule has 1 saturated heterocycles. The molecule has 2 heterocycles. The standard InChI is InChI=1S/C23H33F2N3O5S/c1-15-5-6-19(34(31,32)28-14-16-13-18(16)20(28)22(29)30)21(27-15)33-12-4-2-3-11-26-17-7-9-23(24,25)10-8-17/h5-6,16-18,20,26H,2-4,7-14H2,1H3,(H,29,30)/t16-,18-,20-/m0/s1. The number of hydrogen-bond donors (Lipinski definition) is 2. The summed E-state index contributed by atoms with van der Waals surface area (Å²) < 4.78 is 59.9. The predicted molar refractivity (Wildman–Crippen MR) is 120 cm³/mol. The second kappa shape index (κ2) is 10.0. The number of carboxylic acids is 1. The lowest BCUT2D eigenvalue weighted by atomic mass is 9.92. The van der Waals surface area contributed by atoms with Crippen molar-refractivity contribution in [3.05, 3.63) is 17.8 Å². The number of halogens is 2. The zero-order valence-corrected chi connectivity index (χ0v) is 20.2. The zero-order valence-electron chi connectivity index (χ0n) is 19.4. The number of hydrogen-bond acceptors (Lipinski definition) is 6. The lowest BCUT2D eigenvalue weighted by Crippen LogP contribution is -2.43. The van der Waals surface area contributed by atoms with Crippen LogP contribution in [0.25, 0.3) is 0 Å². The number of aliphatic carboxylic acids is 1. The Kier molecular flexibility index (Phi) is 7.44. The van der Waals surface area contributed by atoms with E-state index in [0.717, 1.165) is 30.1 Å². The number of ether oxygens (including phenoxy) is 1. The number of pyridine rings is 1. The Morgan fingerprint density at radius 3 is 2.71 bits per heavy atom. The van der Waals surface area contributed by atoms with Gasteiger partial charge in [-0.05, 0) is 76.0 Å². The van der Waals surface area contributed by atoms with Gasteiger partial charge in [-0.25, -0.2) is 22.2 Å². The van der Waals surface area contributed by atoms with Crippen LogP contribution in [0.2, 0.25) is 0 Å². The van der Waals surface area contributed by atoms with Crippen LogP contribution in [0, 0.1) is 18.8 Å². The van der Waals surface area contributed by atoms with E-state index in [9.17, 15) is 27.1 Å². The molecule has 8 nitrogen and oxygen atoms in total. The summed E-state index contributed by atoms with van der Waals surface area (Å²) >= 11 is 0. The summed E-state index contributed by atoms with van der Waals surface area (Å²) in [6.45, 7) is 2.97. The Labute approximate surface area is 199 Å². The first-order valence-corrected chi connectivity index (χ1v) is 13.5. The molecule has 0 bridgehead atoms. The van der Waals surface area contributed by atoms with Crippen molar-refractivity contribution in [1.29, 1.82) is 0 Å². The molecule has 0 radical (unpaired) electrons. The van der Waals surface area contributed by atoms with Crippen LogP contribution in [-0.4, -0.2) is 66.5 Å². The number of unbranched alkanes of at least 4 members (excludes halogenated alkanes) is 2. The van der Waals surface area contributed by atoms with Gasteiger partial charge in [0.1, 0.15) is 10.9 Å². The quantitative estimate of drug-likeness (QED) is 0.448. The summed E-state index contributed by atoms with van der Waals surface area (Å²) in [7, 11) is -4.05. The number of carboxylic acid groups (broad SMARTS) is 1. The SMILES string of the molecule is Cc1ccc(S(=O)(=O)N2C[C@@H]3C[C@@H]3[C@H]2C(=O)O)c(OCCCCCNC2CCC(F)(F)CC2)n1. The molecular formula is C23H33F2N3O5S. The monoisotopic (exact) mass is 501 g/mol. The van der Waals surface area contributed by atoms with Gasteiger partial charge in [-0.15, -0.1) is 0 Å². The average Bonchev–Trinajstić information content (AvgIpc) is 3.42. The molecule has 190 valence electrons. The van der Waals surface area contributed by atoms with Crippen molar-refractivity contribution in [3.8, 4) is 5.88 Å².